The van der Waals surface area contributed by atoms with Crippen LogP contribution in [0.2, 0.25) is 0 Å². The molecule has 0 aromatic carbocycles. The molecule has 1 fully saturated rings. The van der Waals surface area contributed by atoms with Crippen LogP contribution in [0.1, 0.15) is 52.4 Å². The summed E-state index contributed by atoms with van der Waals surface area (Å²) in [6.07, 6.45) is 6.60. The van der Waals surface area contributed by atoms with E-state index in [1.807, 2.05) is 0 Å². The zero-order valence-corrected chi connectivity index (χ0v) is 12.7. The molecule has 4 nitrogen and oxygen atoms in total. The van der Waals surface area contributed by atoms with Crippen molar-refractivity contribution in [2.45, 2.75) is 52.4 Å². The minimum absolute atomic E-state index is 0.0809. The summed E-state index contributed by atoms with van der Waals surface area (Å²) in [4.78, 5) is 14.4. The van der Waals surface area contributed by atoms with E-state index >= 15 is 0 Å². The lowest BCUT2D eigenvalue weighted by molar-refractivity contribution is -0.123. The van der Waals surface area contributed by atoms with Crippen molar-refractivity contribution in [2.75, 3.05) is 32.7 Å². The van der Waals surface area contributed by atoms with Gasteiger partial charge in [0.1, 0.15) is 0 Å². The summed E-state index contributed by atoms with van der Waals surface area (Å²) in [6, 6.07) is 0. The average molecular weight is 269 g/mol. The second-order valence-corrected chi connectivity index (χ2v) is 5.82. The van der Waals surface area contributed by atoms with Crippen LogP contribution in [0.5, 0.6) is 0 Å². The smallest absolute Gasteiger partial charge is 0.220 e. The molecule has 112 valence electrons. The van der Waals surface area contributed by atoms with Gasteiger partial charge in [0.2, 0.25) is 5.91 Å². The second-order valence-electron chi connectivity index (χ2n) is 5.82. The summed E-state index contributed by atoms with van der Waals surface area (Å²) in [5.41, 5.74) is 6.00. The lowest BCUT2D eigenvalue weighted by Crippen LogP contribution is -2.40. The highest BCUT2D eigenvalue weighted by Gasteiger charge is 2.32. The summed E-state index contributed by atoms with van der Waals surface area (Å²) in [6.45, 7) is 8.72. The number of carbonyl (C=O) groups excluding carboxylic acids is 1. The third kappa shape index (κ3) is 5.49. The van der Waals surface area contributed by atoms with Crippen molar-refractivity contribution < 1.29 is 4.79 Å². The van der Waals surface area contributed by atoms with Gasteiger partial charge in [-0.25, -0.2) is 0 Å². The van der Waals surface area contributed by atoms with Gasteiger partial charge in [-0.1, -0.05) is 33.1 Å². The monoisotopic (exact) mass is 269 g/mol. The van der Waals surface area contributed by atoms with Crippen LogP contribution in [-0.2, 0) is 4.79 Å². The molecule has 0 radical (unpaired) electrons. The molecule has 0 saturated heterocycles. The highest BCUT2D eigenvalue weighted by Crippen LogP contribution is 2.38. The molecule has 4 heteroatoms. The van der Waals surface area contributed by atoms with Gasteiger partial charge in [0.15, 0.2) is 0 Å². The standard InChI is InChI=1S/C15H31N3O/c1-3-18(4-2)11-10-17-14(19)12-15(13-16)8-6-5-7-9-15/h3-13,16H2,1-2H3,(H,17,19). The van der Waals surface area contributed by atoms with Gasteiger partial charge < -0.3 is 16.0 Å². The highest BCUT2D eigenvalue weighted by molar-refractivity contribution is 5.76. The molecule has 0 aromatic rings. The highest BCUT2D eigenvalue weighted by atomic mass is 16.1. The number of nitrogens with two attached hydrogens (primary N) is 1. The fourth-order valence-corrected chi connectivity index (χ4v) is 3.05. The Balaban J connectivity index is 2.29. The van der Waals surface area contributed by atoms with Gasteiger partial charge in [0.05, 0.1) is 0 Å². The van der Waals surface area contributed by atoms with E-state index in [1.165, 1.54) is 19.3 Å². The molecule has 0 bridgehead atoms. The van der Waals surface area contributed by atoms with Gasteiger partial charge >= 0.3 is 0 Å². The number of carbonyl (C=O) groups is 1. The van der Waals surface area contributed by atoms with Crippen LogP contribution in [0.4, 0.5) is 0 Å². The van der Waals surface area contributed by atoms with Gasteiger partial charge in [-0.15, -0.1) is 0 Å². The molecule has 0 aliphatic heterocycles. The van der Waals surface area contributed by atoms with E-state index < -0.39 is 0 Å². The van der Waals surface area contributed by atoms with Crippen molar-refractivity contribution in [3.05, 3.63) is 0 Å². The maximum atomic E-state index is 12.0. The first-order valence-electron chi connectivity index (χ1n) is 7.85. The van der Waals surface area contributed by atoms with Crippen molar-refractivity contribution in [1.29, 1.82) is 0 Å². The largest absolute Gasteiger partial charge is 0.355 e. The van der Waals surface area contributed by atoms with Crippen LogP contribution in [0.25, 0.3) is 0 Å². The third-order valence-electron chi connectivity index (χ3n) is 4.53. The maximum absolute atomic E-state index is 12.0. The van der Waals surface area contributed by atoms with E-state index in [0.29, 0.717) is 13.0 Å². The molecule has 1 amide bonds. The number of nitrogens with zero attached hydrogens (tertiary/aromatic N) is 1. The number of likely N-dealkylation sites (N-methyl/N-ethyl adjacent to an activating group) is 1. The predicted molar refractivity (Wildman–Crippen MR) is 80.0 cm³/mol. The van der Waals surface area contributed by atoms with Gasteiger partial charge in [-0.05, 0) is 37.9 Å². The molecular formula is C15H31N3O. The van der Waals surface area contributed by atoms with Crippen LogP contribution in [0.15, 0.2) is 0 Å². The van der Waals surface area contributed by atoms with Crippen LogP contribution in [-0.4, -0.2) is 43.5 Å². The van der Waals surface area contributed by atoms with Crippen molar-refractivity contribution in [1.82, 2.24) is 10.2 Å². The molecular weight excluding hydrogens is 238 g/mol. The molecule has 0 unspecified atom stereocenters. The Labute approximate surface area is 118 Å². The Morgan fingerprint density at radius 2 is 1.84 bits per heavy atom. The molecule has 0 atom stereocenters. The number of nitrogens with one attached hydrogen (secondary N) is 1. The Hall–Kier alpha value is -0.610. The van der Waals surface area contributed by atoms with E-state index in [2.05, 4.69) is 24.1 Å². The van der Waals surface area contributed by atoms with Crippen LogP contribution in [0, 0.1) is 5.41 Å². The normalized spacial score (nSPS) is 18.5. The summed E-state index contributed by atoms with van der Waals surface area (Å²) in [7, 11) is 0. The minimum Gasteiger partial charge on any atom is -0.355 e. The van der Waals surface area contributed by atoms with Gasteiger partial charge in [-0.3, -0.25) is 4.79 Å². The van der Waals surface area contributed by atoms with Gasteiger partial charge in [0.25, 0.3) is 0 Å². The average Bonchev–Trinajstić information content (AvgIpc) is 2.44. The topological polar surface area (TPSA) is 58.4 Å². The first kappa shape index (κ1) is 16.4. The SMILES string of the molecule is CCN(CC)CCNC(=O)CC1(CN)CCCCC1. The summed E-state index contributed by atoms with van der Waals surface area (Å²) in [5, 5.41) is 3.05. The Morgan fingerprint density at radius 1 is 1.21 bits per heavy atom. The fraction of sp³-hybridized carbons (Fsp3) is 0.933. The van der Waals surface area contributed by atoms with Crippen molar-refractivity contribution in [3.8, 4) is 0 Å². The minimum atomic E-state index is 0.0809. The molecule has 0 spiro atoms. The van der Waals surface area contributed by atoms with Crippen molar-refractivity contribution in [2.24, 2.45) is 11.1 Å². The van der Waals surface area contributed by atoms with Crippen LogP contribution < -0.4 is 11.1 Å². The van der Waals surface area contributed by atoms with Crippen molar-refractivity contribution in [3.63, 3.8) is 0 Å². The second kappa shape index (κ2) is 8.54. The molecule has 0 aromatic heterocycles. The predicted octanol–water partition coefficient (Wildman–Crippen LogP) is 1.74. The maximum Gasteiger partial charge on any atom is 0.220 e. The summed E-state index contributed by atoms with van der Waals surface area (Å²) in [5.74, 6) is 0.180. The van der Waals surface area contributed by atoms with Crippen LogP contribution >= 0.6 is 0 Å². The van der Waals surface area contributed by atoms with E-state index in [-0.39, 0.29) is 11.3 Å². The first-order chi connectivity index (χ1) is 9.15. The first-order valence-corrected chi connectivity index (χ1v) is 7.85. The molecule has 1 saturated carbocycles. The van der Waals surface area contributed by atoms with E-state index in [1.54, 1.807) is 0 Å². The Morgan fingerprint density at radius 3 is 2.37 bits per heavy atom. The molecule has 1 aliphatic carbocycles. The third-order valence-corrected chi connectivity index (χ3v) is 4.53. The zero-order valence-electron chi connectivity index (χ0n) is 12.7. The lowest BCUT2D eigenvalue weighted by Gasteiger charge is -2.35. The van der Waals surface area contributed by atoms with Crippen molar-refractivity contribution >= 4 is 5.91 Å². The Kier molecular flexibility index (Phi) is 7.39. The van der Waals surface area contributed by atoms with E-state index in [9.17, 15) is 4.79 Å². The molecule has 19 heavy (non-hydrogen) atoms. The number of hydrogen-bond acceptors (Lipinski definition) is 3. The van der Waals surface area contributed by atoms with E-state index in [0.717, 1.165) is 39.0 Å². The fourth-order valence-electron chi connectivity index (χ4n) is 3.05. The molecule has 1 rings (SSSR count). The quantitative estimate of drug-likeness (QED) is 0.706. The van der Waals surface area contributed by atoms with Gasteiger partial charge in [0, 0.05) is 19.5 Å². The molecule has 3 N–H and O–H groups in total. The summed E-state index contributed by atoms with van der Waals surface area (Å²) < 4.78 is 0. The zero-order chi connectivity index (χ0) is 14.1. The molecule has 1 aliphatic rings. The summed E-state index contributed by atoms with van der Waals surface area (Å²) >= 11 is 0. The van der Waals surface area contributed by atoms with Gasteiger partial charge in [-0.2, -0.15) is 0 Å². The van der Waals surface area contributed by atoms with E-state index in [4.69, 9.17) is 5.73 Å². The number of amides is 1. The number of hydrogen-bond donors (Lipinski definition) is 2. The van der Waals surface area contributed by atoms with Crippen LogP contribution in [0.3, 0.4) is 0 Å². The Bertz CT molecular complexity index is 258. The molecule has 0 heterocycles. The number of rotatable bonds is 8. The lowest BCUT2D eigenvalue weighted by atomic mass is 9.71.